The number of amides is 4. The number of benzene rings is 2. The number of hydrogen-bond acceptors (Lipinski definition) is 8. The Labute approximate surface area is 311 Å². The molecule has 0 radical (unpaired) electrons. The Balaban J connectivity index is 1.08. The van der Waals surface area contributed by atoms with Crippen molar-refractivity contribution in [2.45, 2.75) is 56.7 Å². The number of nitrogens with zero attached hydrogens (tertiary/aromatic N) is 5. The van der Waals surface area contributed by atoms with E-state index in [0.717, 1.165) is 69.8 Å². The molecule has 0 unspecified atom stereocenters. The number of anilines is 2. The highest BCUT2D eigenvalue weighted by Crippen LogP contribution is 2.31. The van der Waals surface area contributed by atoms with Gasteiger partial charge in [0.2, 0.25) is 11.8 Å². The Morgan fingerprint density at radius 2 is 1.54 bits per heavy atom. The normalized spacial score (nSPS) is 20.9. The van der Waals surface area contributed by atoms with Crippen LogP contribution in [0.5, 0.6) is 0 Å². The molecule has 14 heteroatoms. The third kappa shape index (κ3) is 8.87. The van der Waals surface area contributed by atoms with E-state index in [2.05, 4.69) is 64.2 Å². The minimum atomic E-state index is -1.01. The van der Waals surface area contributed by atoms with E-state index >= 15 is 0 Å². The van der Waals surface area contributed by atoms with E-state index in [0.29, 0.717) is 58.7 Å². The SMILES string of the molecule is CN1CCN(C2CCN(CC(=O)N[C@H](CC(=O)c3cc(Br)c(N)c(Br)c3)C(=O)N3CCC(N4CCc5ccccc5NC4=O)CC3)CC2)CC1. The zero-order valence-corrected chi connectivity index (χ0v) is 31.9. The highest BCUT2D eigenvalue weighted by atomic mass is 79.9. The summed E-state index contributed by atoms with van der Waals surface area (Å²) in [6.45, 7) is 7.61. The number of nitrogens with one attached hydrogen (secondary N) is 2. The second-order valence-corrected chi connectivity index (χ2v) is 15.7. The predicted molar refractivity (Wildman–Crippen MR) is 201 cm³/mol. The molecule has 0 spiro atoms. The summed E-state index contributed by atoms with van der Waals surface area (Å²) < 4.78 is 1.15. The fourth-order valence-electron chi connectivity index (χ4n) is 7.68. The molecule has 4 amide bonds. The molecule has 3 fully saturated rings. The van der Waals surface area contributed by atoms with Gasteiger partial charge in [-0.15, -0.1) is 0 Å². The average molecular weight is 817 g/mol. The molecule has 4 N–H and O–H groups in total. The van der Waals surface area contributed by atoms with E-state index in [-0.39, 0.29) is 42.6 Å². The lowest BCUT2D eigenvalue weighted by Gasteiger charge is -2.42. The van der Waals surface area contributed by atoms with Crippen molar-refractivity contribution in [1.82, 2.24) is 29.8 Å². The number of halogens is 2. The van der Waals surface area contributed by atoms with Crippen LogP contribution in [0.25, 0.3) is 0 Å². The Kier molecular flexibility index (Phi) is 12.1. The van der Waals surface area contributed by atoms with Gasteiger partial charge in [0.15, 0.2) is 5.78 Å². The molecule has 2 aromatic rings. The molecule has 0 aliphatic carbocycles. The summed E-state index contributed by atoms with van der Waals surface area (Å²) >= 11 is 6.82. The van der Waals surface area contributed by atoms with E-state index < -0.39 is 6.04 Å². The van der Waals surface area contributed by atoms with Gasteiger partial charge in [-0.1, -0.05) is 18.2 Å². The number of nitrogens with two attached hydrogens (primary N) is 1. The van der Waals surface area contributed by atoms with Crippen LogP contribution >= 0.6 is 31.9 Å². The van der Waals surface area contributed by atoms with Gasteiger partial charge in [0, 0.05) is 97.6 Å². The van der Waals surface area contributed by atoms with Crippen molar-refractivity contribution in [3.63, 3.8) is 0 Å². The van der Waals surface area contributed by atoms with E-state index in [4.69, 9.17) is 5.73 Å². The Morgan fingerprint density at radius 3 is 2.22 bits per heavy atom. The number of fused-ring (bicyclic) bond motifs is 1. The van der Waals surface area contributed by atoms with Crippen molar-refractivity contribution in [2.75, 3.05) is 83.5 Å². The van der Waals surface area contributed by atoms with Crippen LogP contribution in [0.2, 0.25) is 0 Å². The van der Waals surface area contributed by atoms with Crippen LogP contribution < -0.4 is 16.4 Å². The van der Waals surface area contributed by atoms with E-state index in [1.165, 1.54) is 0 Å². The van der Waals surface area contributed by atoms with Crippen LogP contribution in [0.4, 0.5) is 16.2 Å². The number of likely N-dealkylation sites (tertiary alicyclic amines) is 2. The second-order valence-electron chi connectivity index (χ2n) is 14.0. The summed E-state index contributed by atoms with van der Waals surface area (Å²) in [5, 5.41) is 6.00. The number of rotatable bonds is 9. The number of nitrogen functional groups attached to an aromatic ring is 1. The van der Waals surface area contributed by atoms with Crippen LogP contribution in [0.1, 0.15) is 48.0 Å². The lowest BCUT2D eigenvalue weighted by atomic mass is 9.99. The van der Waals surface area contributed by atoms with Gasteiger partial charge in [-0.2, -0.15) is 0 Å². The van der Waals surface area contributed by atoms with Crippen molar-refractivity contribution in [1.29, 1.82) is 0 Å². The molecule has 0 aromatic heterocycles. The van der Waals surface area contributed by atoms with Crippen molar-refractivity contribution in [3.05, 3.63) is 56.5 Å². The number of piperazine rings is 1. The predicted octanol–water partition coefficient (Wildman–Crippen LogP) is 3.64. The van der Waals surface area contributed by atoms with Crippen LogP contribution in [-0.4, -0.2) is 139 Å². The first-order valence-electron chi connectivity index (χ1n) is 17.7. The first kappa shape index (κ1) is 36.7. The first-order chi connectivity index (χ1) is 24.0. The van der Waals surface area contributed by atoms with Crippen molar-refractivity contribution in [2.24, 2.45) is 0 Å². The summed E-state index contributed by atoms with van der Waals surface area (Å²) in [7, 11) is 2.16. The molecule has 4 aliphatic rings. The molecule has 6 rings (SSSR count). The van der Waals surface area contributed by atoms with Gasteiger partial charge in [-0.25, -0.2) is 4.79 Å². The van der Waals surface area contributed by atoms with E-state index in [9.17, 15) is 19.2 Å². The Morgan fingerprint density at radius 1 is 0.900 bits per heavy atom. The fraction of sp³-hybridized carbons (Fsp3) is 0.556. The molecule has 270 valence electrons. The number of piperidine rings is 2. The number of carbonyl (C=O) groups excluding carboxylic acids is 4. The lowest BCUT2D eigenvalue weighted by molar-refractivity contribution is -0.138. The molecule has 3 saturated heterocycles. The molecule has 0 bridgehead atoms. The van der Waals surface area contributed by atoms with Gasteiger partial charge < -0.3 is 31.1 Å². The summed E-state index contributed by atoms with van der Waals surface area (Å²) in [4.78, 5) is 65.0. The monoisotopic (exact) mass is 814 g/mol. The van der Waals surface area contributed by atoms with Crippen LogP contribution in [-0.2, 0) is 16.0 Å². The zero-order valence-electron chi connectivity index (χ0n) is 28.7. The summed E-state index contributed by atoms with van der Waals surface area (Å²) in [5.41, 5.74) is 8.87. The Hall–Kier alpha value is -3.04. The van der Waals surface area contributed by atoms with Gasteiger partial charge in [-0.05, 0) is 94.8 Å². The molecular formula is C36H48Br2N8O4. The fourth-order valence-corrected chi connectivity index (χ4v) is 8.86. The van der Waals surface area contributed by atoms with Crippen molar-refractivity contribution in [3.8, 4) is 0 Å². The van der Waals surface area contributed by atoms with E-state index in [1.54, 1.807) is 17.0 Å². The molecule has 50 heavy (non-hydrogen) atoms. The minimum Gasteiger partial charge on any atom is -0.397 e. The van der Waals surface area contributed by atoms with Crippen LogP contribution in [0.3, 0.4) is 0 Å². The first-order valence-corrected chi connectivity index (χ1v) is 19.3. The molecule has 4 aliphatic heterocycles. The third-order valence-electron chi connectivity index (χ3n) is 10.8. The lowest BCUT2D eigenvalue weighted by Crippen LogP contribution is -2.56. The van der Waals surface area contributed by atoms with Gasteiger partial charge in [-0.3, -0.25) is 24.2 Å². The maximum atomic E-state index is 14.1. The van der Waals surface area contributed by atoms with Crippen molar-refractivity contribution < 1.29 is 19.2 Å². The summed E-state index contributed by atoms with van der Waals surface area (Å²) in [5.74, 6) is -0.807. The van der Waals surface area contributed by atoms with Gasteiger partial charge in [0.05, 0.1) is 12.2 Å². The minimum absolute atomic E-state index is 0.0127. The van der Waals surface area contributed by atoms with Gasteiger partial charge in [0.1, 0.15) is 6.04 Å². The number of carbonyl (C=O) groups is 4. The molecule has 1 atom stereocenters. The highest BCUT2D eigenvalue weighted by Gasteiger charge is 2.35. The average Bonchev–Trinajstić information content (AvgIpc) is 3.28. The van der Waals surface area contributed by atoms with Crippen LogP contribution in [0.15, 0.2) is 45.3 Å². The van der Waals surface area contributed by atoms with Gasteiger partial charge in [0.25, 0.3) is 0 Å². The number of likely N-dealkylation sites (N-methyl/N-ethyl adjacent to an activating group) is 1. The second kappa shape index (κ2) is 16.5. The van der Waals surface area contributed by atoms with Gasteiger partial charge >= 0.3 is 6.03 Å². The molecule has 12 nitrogen and oxygen atoms in total. The smallest absolute Gasteiger partial charge is 0.322 e. The standard InChI is InChI=1S/C36H48Br2N8O4/c1-42-16-18-44(19-17-42)26-7-11-43(12-8-26)23-33(48)40-31(22-32(47)25-20-28(37)34(39)29(38)21-25)35(49)45-13-9-27(10-14-45)46-15-6-24-4-2-3-5-30(24)41-36(46)50/h2-5,20-21,26-27,31H,6-19,22-23,39H2,1H3,(H,40,48)(H,41,50)/t31-/m1/s1. The molecule has 2 aromatic carbocycles. The molecular weight excluding hydrogens is 768 g/mol. The quantitative estimate of drug-likeness (QED) is 0.258. The topological polar surface area (TPSA) is 135 Å². The third-order valence-corrected chi connectivity index (χ3v) is 12.1. The van der Waals surface area contributed by atoms with Crippen molar-refractivity contribution >= 4 is 66.9 Å². The number of para-hydroxylation sites is 1. The number of hydrogen-bond donors (Lipinski definition) is 3. The Bertz CT molecular complexity index is 1550. The van der Waals surface area contributed by atoms with E-state index in [1.807, 2.05) is 29.2 Å². The molecule has 0 saturated carbocycles. The van der Waals surface area contributed by atoms with Crippen LogP contribution in [0, 0.1) is 0 Å². The molecule has 4 heterocycles. The highest BCUT2D eigenvalue weighted by molar-refractivity contribution is 9.11. The zero-order chi connectivity index (χ0) is 35.4. The maximum Gasteiger partial charge on any atom is 0.322 e. The number of urea groups is 1. The number of ketones is 1. The summed E-state index contributed by atoms with van der Waals surface area (Å²) in [6.07, 6.45) is 3.83. The number of Topliss-reactive ketones (excluding diaryl/α,β-unsaturated/α-hetero) is 1. The largest absolute Gasteiger partial charge is 0.397 e. The maximum absolute atomic E-state index is 14.1. The summed E-state index contributed by atoms with van der Waals surface area (Å²) in [6, 6.07) is 10.5.